The number of hydrogen-bond donors (Lipinski definition) is 2. The van der Waals surface area contributed by atoms with Crippen LogP contribution in [0.4, 0.5) is 0 Å². The van der Waals surface area contributed by atoms with Crippen molar-refractivity contribution in [3.63, 3.8) is 0 Å². The van der Waals surface area contributed by atoms with Crippen molar-refractivity contribution in [3.05, 3.63) is 12.7 Å². The van der Waals surface area contributed by atoms with Gasteiger partial charge in [0, 0.05) is 6.04 Å². The van der Waals surface area contributed by atoms with Crippen LogP contribution in [0.1, 0.15) is 6.92 Å². The smallest absolute Gasteiger partial charge is 0.0620 e. The zero-order valence-electron chi connectivity index (χ0n) is 5.22. The minimum absolute atomic E-state index is 0.0694. The molecule has 0 saturated heterocycles. The molecule has 0 aliphatic carbocycles. The third-order valence-corrected chi connectivity index (χ3v) is 0.948. The van der Waals surface area contributed by atoms with E-state index < -0.39 is 0 Å². The van der Waals surface area contributed by atoms with Gasteiger partial charge in [0.1, 0.15) is 0 Å². The molecule has 0 aromatic carbocycles. The summed E-state index contributed by atoms with van der Waals surface area (Å²) < 4.78 is 0. The van der Waals surface area contributed by atoms with E-state index in [1.807, 2.05) is 6.92 Å². The van der Waals surface area contributed by atoms with E-state index in [-0.39, 0.29) is 12.6 Å². The Morgan fingerprint density at radius 1 is 1.88 bits per heavy atom. The van der Waals surface area contributed by atoms with Crippen LogP contribution in [0.5, 0.6) is 0 Å². The van der Waals surface area contributed by atoms with Crippen molar-refractivity contribution in [2.45, 2.75) is 13.0 Å². The van der Waals surface area contributed by atoms with Crippen molar-refractivity contribution in [1.82, 2.24) is 5.32 Å². The molecule has 0 aromatic heterocycles. The first-order valence-corrected chi connectivity index (χ1v) is 2.82. The van der Waals surface area contributed by atoms with Gasteiger partial charge in [-0.15, -0.1) is 6.58 Å². The fourth-order valence-corrected chi connectivity index (χ4v) is 0.485. The first-order chi connectivity index (χ1) is 3.85. The molecule has 0 saturated carbocycles. The van der Waals surface area contributed by atoms with Crippen molar-refractivity contribution in [2.24, 2.45) is 0 Å². The van der Waals surface area contributed by atoms with Crippen LogP contribution in [0.25, 0.3) is 0 Å². The van der Waals surface area contributed by atoms with Crippen LogP contribution in [0.2, 0.25) is 0 Å². The summed E-state index contributed by atoms with van der Waals surface area (Å²) in [6.07, 6.45) is 1.70. The maximum absolute atomic E-state index is 8.52. The van der Waals surface area contributed by atoms with Crippen LogP contribution in [0, 0.1) is 0 Å². The summed E-state index contributed by atoms with van der Waals surface area (Å²) in [5.41, 5.74) is 0. The monoisotopic (exact) mass is 115 g/mol. The fourth-order valence-electron chi connectivity index (χ4n) is 0.485. The average molecular weight is 115 g/mol. The second-order valence-electron chi connectivity index (χ2n) is 1.58. The molecule has 1 atom stereocenters. The molecule has 0 amide bonds. The topological polar surface area (TPSA) is 32.3 Å². The van der Waals surface area contributed by atoms with E-state index in [0.717, 1.165) is 6.54 Å². The molecule has 0 aliphatic heterocycles. The van der Waals surface area contributed by atoms with Gasteiger partial charge in [-0.2, -0.15) is 0 Å². The van der Waals surface area contributed by atoms with E-state index in [2.05, 4.69) is 11.9 Å². The molecule has 0 rings (SSSR count). The van der Waals surface area contributed by atoms with Crippen LogP contribution in [0.15, 0.2) is 12.7 Å². The summed E-state index contributed by atoms with van der Waals surface area (Å²) in [7, 11) is 0. The summed E-state index contributed by atoms with van der Waals surface area (Å²) >= 11 is 0. The molecule has 2 heteroatoms. The van der Waals surface area contributed by atoms with Crippen molar-refractivity contribution in [2.75, 3.05) is 13.2 Å². The van der Waals surface area contributed by atoms with Crippen molar-refractivity contribution in [3.8, 4) is 0 Å². The van der Waals surface area contributed by atoms with Gasteiger partial charge in [-0.05, 0) is 6.54 Å². The van der Waals surface area contributed by atoms with Crippen LogP contribution < -0.4 is 5.32 Å². The Labute approximate surface area is 50.2 Å². The molecule has 8 heavy (non-hydrogen) atoms. The molecule has 0 heterocycles. The van der Waals surface area contributed by atoms with E-state index >= 15 is 0 Å². The number of aliphatic hydroxyl groups is 1. The van der Waals surface area contributed by atoms with Crippen molar-refractivity contribution in [1.29, 1.82) is 0 Å². The van der Waals surface area contributed by atoms with Gasteiger partial charge < -0.3 is 10.4 Å². The molecule has 2 N–H and O–H groups in total. The number of aliphatic hydroxyl groups excluding tert-OH is 1. The predicted octanol–water partition coefficient (Wildman–Crippen LogP) is 0.143. The fraction of sp³-hybridized carbons (Fsp3) is 0.667. The van der Waals surface area contributed by atoms with Crippen LogP contribution in [-0.4, -0.2) is 24.3 Å². The molecule has 0 radical (unpaired) electrons. The highest BCUT2D eigenvalue weighted by atomic mass is 16.3. The maximum atomic E-state index is 8.52. The van der Waals surface area contributed by atoms with Crippen LogP contribution in [-0.2, 0) is 0 Å². The van der Waals surface area contributed by atoms with Gasteiger partial charge in [0.25, 0.3) is 0 Å². The quantitative estimate of drug-likeness (QED) is 0.511. The zero-order chi connectivity index (χ0) is 6.41. The average Bonchev–Trinajstić information content (AvgIpc) is 1.83. The molecule has 0 fully saturated rings. The van der Waals surface area contributed by atoms with Gasteiger partial charge in [-0.1, -0.05) is 13.0 Å². The van der Waals surface area contributed by atoms with E-state index in [0.29, 0.717) is 0 Å². The number of likely N-dealkylation sites (N-methyl/N-ethyl adjacent to an activating group) is 1. The Bertz CT molecular complexity index is 63.5. The standard InChI is InChI=1S/C6H13NO/c1-3-6(5-8)7-4-2/h3,6-8H,1,4-5H2,2H3/t6-/m1/s1. The Kier molecular flexibility index (Phi) is 4.61. The third kappa shape index (κ3) is 2.77. The minimum atomic E-state index is 0.0694. The number of nitrogens with one attached hydrogen (secondary N) is 1. The number of hydrogen-bond acceptors (Lipinski definition) is 2. The zero-order valence-corrected chi connectivity index (χ0v) is 5.22. The van der Waals surface area contributed by atoms with Gasteiger partial charge in [0.15, 0.2) is 0 Å². The molecule has 0 spiro atoms. The Hall–Kier alpha value is -0.340. The normalized spacial score (nSPS) is 13.2. The largest absolute Gasteiger partial charge is 0.394 e. The first kappa shape index (κ1) is 7.66. The van der Waals surface area contributed by atoms with Crippen molar-refractivity contribution < 1.29 is 5.11 Å². The molecule has 0 unspecified atom stereocenters. The summed E-state index contributed by atoms with van der Waals surface area (Å²) in [4.78, 5) is 0. The number of rotatable bonds is 4. The van der Waals surface area contributed by atoms with Crippen molar-refractivity contribution >= 4 is 0 Å². The van der Waals surface area contributed by atoms with Crippen LogP contribution in [0.3, 0.4) is 0 Å². The SMILES string of the molecule is C=C[C@H](CO)NCC. The van der Waals surface area contributed by atoms with Gasteiger partial charge >= 0.3 is 0 Å². The highest BCUT2D eigenvalue weighted by molar-refractivity contribution is 4.83. The lowest BCUT2D eigenvalue weighted by Crippen LogP contribution is -2.29. The maximum Gasteiger partial charge on any atom is 0.0620 e. The summed E-state index contributed by atoms with van der Waals surface area (Å²) in [5.74, 6) is 0. The minimum Gasteiger partial charge on any atom is -0.394 e. The molecule has 0 aliphatic rings. The molecular formula is C6H13NO. The van der Waals surface area contributed by atoms with E-state index in [9.17, 15) is 0 Å². The molecule has 0 aromatic rings. The Balaban J connectivity index is 3.21. The highest BCUT2D eigenvalue weighted by Crippen LogP contribution is 1.79. The first-order valence-electron chi connectivity index (χ1n) is 2.82. The summed E-state index contributed by atoms with van der Waals surface area (Å²) in [5, 5.41) is 11.5. The third-order valence-electron chi connectivity index (χ3n) is 0.948. The molecular weight excluding hydrogens is 102 g/mol. The molecule has 48 valence electrons. The Morgan fingerprint density at radius 3 is 2.62 bits per heavy atom. The van der Waals surface area contributed by atoms with E-state index in [1.54, 1.807) is 6.08 Å². The lowest BCUT2D eigenvalue weighted by atomic mass is 10.3. The summed E-state index contributed by atoms with van der Waals surface area (Å²) in [6, 6.07) is 0.0694. The lowest BCUT2D eigenvalue weighted by Gasteiger charge is -2.07. The Morgan fingerprint density at radius 2 is 2.50 bits per heavy atom. The van der Waals surface area contributed by atoms with E-state index in [1.165, 1.54) is 0 Å². The second kappa shape index (κ2) is 4.81. The van der Waals surface area contributed by atoms with Gasteiger partial charge in [0.2, 0.25) is 0 Å². The molecule has 0 bridgehead atoms. The molecule has 2 nitrogen and oxygen atoms in total. The second-order valence-corrected chi connectivity index (χ2v) is 1.58. The van der Waals surface area contributed by atoms with Gasteiger partial charge in [0.05, 0.1) is 6.61 Å². The van der Waals surface area contributed by atoms with Gasteiger partial charge in [-0.3, -0.25) is 0 Å². The predicted molar refractivity (Wildman–Crippen MR) is 34.7 cm³/mol. The van der Waals surface area contributed by atoms with Gasteiger partial charge in [-0.25, -0.2) is 0 Å². The lowest BCUT2D eigenvalue weighted by molar-refractivity contribution is 0.266. The summed E-state index contributed by atoms with van der Waals surface area (Å²) in [6.45, 7) is 6.53. The highest BCUT2D eigenvalue weighted by Gasteiger charge is 1.95. The van der Waals surface area contributed by atoms with E-state index in [4.69, 9.17) is 5.11 Å². The van der Waals surface area contributed by atoms with Crippen LogP contribution >= 0.6 is 0 Å².